The number of allylic oxidation sites excluding steroid dienone is 1. The molecule has 2 aromatic heterocycles. The normalized spacial score (nSPS) is 13.1. The Morgan fingerprint density at radius 3 is 3.04 bits per heavy atom. The highest BCUT2D eigenvalue weighted by atomic mass is 16.3. The molecule has 0 saturated carbocycles. The van der Waals surface area contributed by atoms with Crippen molar-refractivity contribution < 1.29 is 9.21 Å². The van der Waals surface area contributed by atoms with E-state index in [4.69, 9.17) is 4.42 Å². The number of furan rings is 1. The zero-order valence-corrected chi connectivity index (χ0v) is 13.4. The third kappa shape index (κ3) is 3.01. The summed E-state index contributed by atoms with van der Waals surface area (Å²) >= 11 is 0. The van der Waals surface area contributed by atoms with E-state index in [9.17, 15) is 4.79 Å². The molecule has 3 aromatic rings. The average molecular weight is 332 g/mol. The van der Waals surface area contributed by atoms with Gasteiger partial charge in [-0.25, -0.2) is 5.43 Å². The van der Waals surface area contributed by atoms with Gasteiger partial charge in [-0.05, 0) is 42.7 Å². The third-order valence-electron chi connectivity index (χ3n) is 4.14. The van der Waals surface area contributed by atoms with Gasteiger partial charge >= 0.3 is 0 Å². The van der Waals surface area contributed by atoms with Crippen LogP contribution in [0.3, 0.4) is 0 Å². The molecular formula is C19H16N4O2. The van der Waals surface area contributed by atoms with E-state index in [-0.39, 0.29) is 5.91 Å². The first kappa shape index (κ1) is 15.1. The second kappa shape index (κ2) is 6.60. The molecule has 0 radical (unpaired) electrons. The maximum absolute atomic E-state index is 12.3. The number of aryl methyl sites for hydroxylation is 1. The molecule has 1 amide bonds. The Bertz CT molecular complexity index is 952. The van der Waals surface area contributed by atoms with Crippen molar-refractivity contribution in [3.8, 4) is 11.3 Å². The number of rotatable bonds is 4. The van der Waals surface area contributed by atoms with Gasteiger partial charge in [0.15, 0.2) is 0 Å². The molecule has 6 heteroatoms. The molecule has 1 aliphatic rings. The summed E-state index contributed by atoms with van der Waals surface area (Å²) in [6.45, 7) is 0. The van der Waals surface area contributed by atoms with Crippen molar-refractivity contribution in [3.63, 3.8) is 0 Å². The lowest BCUT2D eigenvalue weighted by atomic mass is 9.89. The van der Waals surface area contributed by atoms with Gasteiger partial charge in [0, 0.05) is 17.3 Å². The van der Waals surface area contributed by atoms with Crippen LogP contribution in [-0.4, -0.2) is 22.3 Å². The summed E-state index contributed by atoms with van der Waals surface area (Å²) in [6, 6.07) is 11.8. The van der Waals surface area contributed by atoms with E-state index in [1.165, 1.54) is 11.8 Å². The summed E-state index contributed by atoms with van der Waals surface area (Å²) in [5.74, 6) is 0.426. The Hall–Kier alpha value is -3.41. The van der Waals surface area contributed by atoms with Crippen molar-refractivity contribution >= 4 is 18.2 Å². The lowest BCUT2D eigenvalue weighted by Gasteiger charge is -2.15. The predicted molar refractivity (Wildman–Crippen MR) is 95.1 cm³/mol. The minimum absolute atomic E-state index is 0.296. The highest BCUT2D eigenvalue weighted by molar-refractivity contribution is 5.96. The lowest BCUT2D eigenvalue weighted by Crippen LogP contribution is -2.20. The summed E-state index contributed by atoms with van der Waals surface area (Å²) in [4.78, 5) is 12.3. The zero-order chi connectivity index (χ0) is 17.1. The fraction of sp³-hybridized carbons (Fsp3) is 0.105. The number of amides is 1. The zero-order valence-electron chi connectivity index (χ0n) is 13.4. The Morgan fingerprint density at radius 2 is 2.16 bits per heavy atom. The molecule has 0 fully saturated rings. The summed E-state index contributed by atoms with van der Waals surface area (Å²) in [7, 11) is 0. The molecule has 0 atom stereocenters. The van der Waals surface area contributed by atoms with Crippen LogP contribution in [0.25, 0.3) is 17.3 Å². The highest BCUT2D eigenvalue weighted by Gasteiger charge is 2.24. The van der Waals surface area contributed by atoms with E-state index >= 15 is 0 Å². The smallest absolute Gasteiger partial charge is 0.289 e. The van der Waals surface area contributed by atoms with Crippen LogP contribution >= 0.6 is 0 Å². The monoisotopic (exact) mass is 332 g/mol. The minimum atomic E-state index is -0.296. The Balaban J connectivity index is 1.46. The van der Waals surface area contributed by atoms with Crippen LogP contribution in [-0.2, 0) is 12.8 Å². The second-order valence-corrected chi connectivity index (χ2v) is 5.68. The standard InChI is InChI=1S/C19H16N4O2/c24-19(23-20-11-3-6-14-7-4-12-25-14)18-16-10-9-13-5-1-2-8-15(13)17(16)21-22-18/h1-8,11-12H,9-10H2,(H,21,22)(H,23,24)/b6-3+,20-11+. The van der Waals surface area contributed by atoms with Crippen molar-refractivity contribution in [2.75, 3.05) is 0 Å². The molecule has 1 aliphatic carbocycles. The maximum atomic E-state index is 12.3. The number of benzene rings is 1. The van der Waals surface area contributed by atoms with Gasteiger partial charge < -0.3 is 4.42 Å². The average Bonchev–Trinajstić information content (AvgIpc) is 3.31. The van der Waals surface area contributed by atoms with Crippen molar-refractivity contribution in [1.82, 2.24) is 15.6 Å². The SMILES string of the molecule is O=C(N/N=C/C=C/c1ccco1)c1[nH]nc2c1CCc1ccccc1-2. The van der Waals surface area contributed by atoms with E-state index in [0.29, 0.717) is 5.69 Å². The van der Waals surface area contributed by atoms with Crippen molar-refractivity contribution in [2.24, 2.45) is 5.10 Å². The summed E-state index contributed by atoms with van der Waals surface area (Å²) in [6.07, 6.45) is 8.23. The molecule has 0 spiro atoms. The van der Waals surface area contributed by atoms with Crippen LogP contribution in [0.5, 0.6) is 0 Å². The van der Waals surface area contributed by atoms with Crippen LogP contribution in [0.4, 0.5) is 0 Å². The molecule has 6 nitrogen and oxygen atoms in total. The topological polar surface area (TPSA) is 83.3 Å². The van der Waals surface area contributed by atoms with Crippen molar-refractivity contribution in [1.29, 1.82) is 0 Å². The number of H-pyrrole nitrogens is 1. The highest BCUT2D eigenvalue weighted by Crippen LogP contribution is 2.33. The molecular weight excluding hydrogens is 316 g/mol. The fourth-order valence-electron chi connectivity index (χ4n) is 2.97. The largest absolute Gasteiger partial charge is 0.465 e. The third-order valence-corrected chi connectivity index (χ3v) is 4.14. The predicted octanol–water partition coefficient (Wildman–Crippen LogP) is 3.20. The quantitative estimate of drug-likeness (QED) is 0.568. The van der Waals surface area contributed by atoms with Gasteiger partial charge in [-0.2, -0.15) is 10.2 Å². The Labute approximate surface area is 144 Å². The Morgan fingerprint density at radius 1 is 1.24 bits per heavy atom. The molecule has 25 heavy (non-hydrogen) atoms. The van der Waals surface area contributed by atoms with Gasteiger partial charge in [-0.15, -0.1) is 0 Å². The number of aromatic amines is 1. The number of nitrogens with zero attached hydrogens (tertiary/aromatic N) is 2. The Kier molecular flexibility index (Phi) is 4.00. The van der Waals surface area contributed by atoms with Crippen LogP contribution in [0, 0.1) is 0 Å². The summed E-state index contributed by atoms with van der Waals surface area (Å²) in [5, 5.41) is 11.1. The van der Waals surface area contributed by atoms with Gasteiger partial charge in [0.05, 0.1) is 12.0 Å². The number of carbonyl (C=O) groups is 1. The van der Waals surface area contributed by atoms with E-state index in [1.54, 1.807) is 24.5 Å². The number of hydrogen-bond acceptors (Lipinski definition) is 4. The van der Waals surface area contributed by atoms with Gasteiger partial charge in [-0.3, -0.25) is 9.89 Å². The first-order valence-electron chi connectivity index (χ1n) is 8.02. The number of hydrogen-bond donors (Lipinski definition) is 2. The number of aromatic nitrogens is 2. The van der Waals surface area contributed by atoms with E-state index in [2.05, 4.69) is 26.8 Å². The van der Waals surface area contributed by atoms with Crippen LogP contribution in [0.15, 0.2) is 58.3 Å². The van der Waals surface area contributed by atoms with Crippen molar-refractivity contribution in [2.45, 2.75) is 12.8 Å². The number of fused-ring (bicyclic) bond motifs is 3. The molecule has 0 unspecified atom stereocenters. The fourth-order valence-corrected chi connectivity index (χ4v) is 2.97. The van der Waals surface area contributed by atoms with E-state index in [0.717, 1.165) is 35.4 Å². The number of carbonyl (C=O) groups excluding carboxylic acids is 1. The first-order valence-corrected chi connectivity index (χ1v) is 8.02. The molecule has 2 heterocycles. The van der Waals surface area contributed by atoms with Gasteiger partial charge in [0.2, 0.25) is 0 Å². The summed E-state index contributed by atoms with van der Waals surface area (Å²) in [5.41, 5.74) is 7.13. The lowest BCUT2D eigenvalue weighted by molar-refractivity contribution is 0.0949. The first-order chi connectivity index (χ1) is 12.3. The maximum Gasteiger partial charge on any atom is 0.289 e. The molecule has 2 N–H and O–H groups in total. The molecule has 1 aromatic carbocycles. The van der Waals surface area contributed by atoms with Crippen LogP contribution in [0.1, 0.15) is 27.4 Å². The molecule has 0 bridgehead atoms. The molecule has 0 aliphatic heterocycles. The molecule has 4 rings (SSSR count). The van der Waals surface area contributed by atoms with Crippen LogP contribution < -0.4 is 5.43 Å². The summed E-state index contributed by atoms with van der Waals surface area (Å²) < 4.78 is 5.16. The number of hydrazone groups is 1. The minimum Gasteiger partial charge on any atom is -0.465 e. The van der Waals surface area contributed by atoms with E-state index in [1.807, 2.05) is 24.3 Å². The van der Waals surface area contributed by atoms with Crippen LogP contribution in [0.2, 0.25) is 0 Å². The van der Waals surface area contributed by atoms with E-state index < -0.39 is 0 Å². The molecule has 124 valence electrons. The van der Waals surface area contributed by atoms with Gasteiger partial charge in [0.25, 0.3) is 5.91 Å². The molecule has 0 saturated heterocycles. The van der Waals surface area contributed by atoms with Crippen molar-refractivity contribution in [3.05, 3.63) is 71.3 Å². The number of nitrogens with one attached hydrogen (secondary N) is 2. The second-order valence-electron chi connectivity index (χ2n) is 5.68. The van der Waals surface area contributed by atoms with Gasteiger partial charge in [-0.1, -0.05) is 24.3 Å². The van der Waals surface area contributed by atoms with Gasteiger partial charge in [0.1, 0.15) is 11.5 Å².